The van der Waals surface area contributed by atoms with E-state index in [1.54, 1.807) is 25.3 Å². The molecule has 1 aromatic heterocycles. The van der Waals surface area contributed by atoms with Crippen molar-refractivity contribution in [1.29, 1.82) is 0 Å². The van der Waals surface area contributed by atoms with E-state index in [9.17, 15) is 0 Å². The molecule has 0 unspecified atom stereocenters. The van der Waals surface area contributed by atoms with Crippen LogP contribution in [0.4, 0.5) is 5.69 Å². The summed E-state index contributed by atoms with van der Waals surface area (Å²) in [5.74, 6) is 0. The molecule has 0 atom stereocenters. The molecule has 1 rings (SSSR count). The van der Waals surface area contributed by atoms with Crippen LogP contribution in [-0.4, -0.2) is 15.8 Å². The van der Waals surface area contributed by atoms with Gasteiger partial charge in [0.15, 0.2) is 5.11 Å². The number of nitrogens with zero attached hydrogens (tertiary/aromatic N) is 2. The van der Waals surface area contributed by atoms with Gasteiger partial charge in [0.1, 0.15) is 0 Å². The zero-order valence-corrected chi connectivity index (χ0v) is 8.51. The summed E-state index contributed by atoms with van der Waals surface area (Å²) in [7, 11) is 0. The van der Waals surface area contributed by atoms with E-state index in [4.69, 9.17) is 11.5 Å². The third kappa shape index (κ3) is 2.98. The number of hydrogen-bond donors (Lipinski definition) is 3. The second kappa shape index (κ2) is 4.52. The summed E-state index contributed by atoms with van der Waals surface area (Å²) in [6, 6.07) is 3.53. The second-order valence-corrected chi connectivity index (χ2v) is 3.09. The van der Waals surface area contributed by atoms with Gasteiger partial charge in [-0.2, -0.15) is 5.10 Å². The van der Waals surface area contributed by atoms with Gasteiger partial charge in [-0.25, -0.2) is 0 Å². The first-order valence-corrected chi connectivity index (χ1v) is 4.32. The van der Waals surface area contributed by atoms with Crippen LogP contribution in [0.1, 0.15) is 12.6 Å². The van der Waals surface area contributed by atoms with Crippen LogP contribution in [0, 0.1) is 0 Å². The van der Waals surface area contributed by atoms with E-state index in [1.165, 1.54) is 0 Å². The zero-order chi connectivity index (χ0) is 10.6. The average Bonchev–Trinajstić information content (AvgIpc) is 2.15. The predicted molar refractivity (Wildman–Crippen MR) is 60.8 cm³/mol. The van der Waals surface area contributed by atoms with Crippen LogP contribution in [0.2, 0.25) is 0 Å². The maximum absolute atomic E-state index is 5.49. The van der Waals surface area contributed by atoms with Crippen molar-refractivity contribution in [3.63, 3.8) is 0 Å². The normalized spacial score (nSPS) is 11.1. The lowest BCUT2D eigenvalue weighted by molar-refractivity contribution is 1.02. The number of thiocarbonyl (C=S) groups is 1. The Morgan fingerprint density at radius 1 is 1.57 bits per heavy atom. The highest BCUT2D eigenvalue weighted by Gasteiger charge is 1.98. The predicted octanol–water partition coefficient (Wildman–Crippen LogP) is 0.221. The lowest BCUT2D eigenvalue weighted by atomic mass is 10.2. The van der Waals surface area contributed by atoms with Crippen molar-refractivity contribution in [2.24, 2.45) is 10.8 Å². The molecule has 0 spiro atoms. The van der Waals surface area contributed by atoms with E-state index in [1.807, 2.05) is 0 Å². The first-order chi connectivity index (χ1) is 6.59. The van der Waals surface area contributed by atoms with E-state index in [2.05, 4.69) is 27.7 Å². The molecule has 0 saturated carbocycles. The third-order valence-electron chi connectivity index (χ3n) is 1.49. The largest absolute Gasteiger partial charge is 0.397 e. The number of nitrogen functional groups attached to an aromatic ring is 1. The van der Waals surface area contributed by atoms with Crippen molar-refractivity contribution in [2.75, 3.05) is 5.73 Å². The summed E-state index contributed by atoms with van der Waals surface area (Å²) >= 11 is 4.60. The molecule has 6 heteroatoms. The molecule has 5 nitrogen and oxygen atoms in total. The van der Waals surface area contributed by atoms with Crippen molar-refractivity contribution in [3.05, 3.63) is 24.0 Å². The molecular formula is C8H11N5S. The lowest BCUT2D eigenvalue weighted by Crippen LogP contribution is -2.25. The number of hydrogen-bond acceptors (Lipinski definition) is 4. The van der Waals surface area contributed by atoms with Gasteiger partial charge in [-0.1, -0.05) is 0 Å². The van der Waals surface area contributed by atoms with Gasteiger partial charge in [-0.3, -0.25) is 10.4 Å². The Hall–Kier alpha value is -1.69. The first kappa shape index (κ1) is 10.4. The molecule has 0 aliphatic carbocycles. The summed E-state index contributed by atoms with van der Waals surface area (Å²) in [6.45, 7) is 1.80. The minimum Gasteiger partial charge on any atom is -0.397 e. The van der Waals surface area contributed by atoms with Gasteiger partial charge < -0.3 is 11.5 Å². The van der Waals surface area contributed by atoms with Crippen molar-refractivity contribution >= 4 is 28.7 Å². The molecule has 0 fully saturated rings. The Labute approximate surface area is 87.2 Å². The SMILES string of the molecule is C/C(=N\NC(N)=S)c1ccc(N)cn1. The number of nitrogens with one attached hydrogen (secondary N) is 1. The molecule has 0 aliphatic rings. The van der Waals surface area contributed by atoms with E-state index < -0.39 is 0 Å². The van der Waals surface area contributed by atoms with E-state index in [0.29, 0.717) is 11.4 Å². The average molecular weight is 209 g/mol. The highest BCUT2D eigenvalue weighted by Crippen LogP contribution is 2.01. The Morgan fingerprint density at radius 3 is 2.79 bits per heavy atom. The Morgan fingerprint density at radius 2 is 2.29 bits per heavy atom. The molecular weight excluding hydrogens is 198 g/mol. The first-order valence-electron chi connectivity index (χ1n) is 3.91. The molecule has 0 amide bonds. The van der Waals surface area contributed by atoms with Gasteiger partial charge in [0.2, 0.25) is 0 Å². The summed E-state index contributed by atoms with van der Waals surface area (Å²) in [5, 5.41) is 4.05. The number of aromatic nitrogens is 1. The minimum atomic E-state index is 0.125. The van der Waals surface area contributed by atoms with Crippen LogP contribution in [-0.2, 0) is 0 Å². The molecule has 14 heavy (non-hydrogen) atoms. The van der Waals surface area contributed by atoms with Gasteiger partial charge in [0, 0.05) is 0 Å². The van der Waals surface area contributed by atoms with Crippen molar-refractivity contribution in [3.8, 4) is 0 Å². The fourth-order valence-electron chi connectivity index (χ4n) is 0.816. The van der Waals surface area contributed by atoms with Crippen LogP contribution in [0.25, 0.3) is 0 Å². The monoisotopic (exact) mass is 209 g/mol. The topological polar surface area (TPSA) is 89.3 Å². The van der Waals surface area contributed by atoms with Gasteiger partial charge in [0.25, 0.3) is 0 Å². The number of pyridine rings is 1. The van der Waals surface area contributed by atoms with Crippen LogP contribution in [0.15, 0.2) is 23.4 Å². The van der Waals surface area contributed by atoms with Crippen molar-refractivity contribution < 1.29 is 0 Å². The lowest BCUT2D eigenvalue weighted by Gasteiger charge is -2.01. The van der Waals surface area contributed by atoms with Gasteiger partial charge in [0.05, 0.1) is 23.3 Å². The Bertz CT molecular complexity index is 356. The molecule has 1 heterocycles. The quantitative estimate of drug-likeness (QED) is 0.368. The smallest absolute Gasteiger partial charge is 0.184 e. The number of nitrogens with two attached hydrogens (primary N) is 2. The molecule has 1 aromatic rings. The van der Waals surface area contributed by atoms with Gasteiger partial charge in [-0.15, -0.1) is 0 Å². The standard InChI is InChI=1S/C8H11N5S/c1-5(12-13-8(10)14)7-3-2-6(9)4-11-7/h2-4H,9H2,1H3,(H3,10,13,14)/b12-5+. The van der Waals surface area contributed by atoms with E-state index in [0.717, 1.165) is 5.69 Å². The van der Waals surface area contributed by atoms with Crippen molar-refractivity contribution in [1.82, 2.24) is 10.4 Å². The number of anilines is 1. The fourth-order valence-corrected chi connectivity index (χ4v) is 0.861. The van der Waals surface area contributed by atoms with Gasteiger partial charge in [-0.05, 0) is 31.3 Å². The van der Waals surface area contributed by atoms with Crippen LogP contribution in [0.3, 0.4) is 0 Å². The second-order valence-electron chi connectivity index (χ2n) is 2.65. The zero-order valence-electron chi connectivity index (χ0n) is 7.69. The molecule has 5 N–H and O–H groups in total. The molecule has 0 aromatic carbocycles. The van der Waals surface area contributed by atoms with Crippen LogP contribution >= 0.6 is 12.2 Å². The Kier molecular flexibility index (Phi) is 3.35. The summed E-state index contributed by atoms with van der Waals surface area (Å²) in [4.78, 5) is 4.08. The van der Waals surface area contributed by atoms with Crippen molar-refractivity contribution in [2.45, 2.75) is 6.92 Å². The Balaban J connectivity index is 2.78. The molecule has 0 bridgehead atoms. The van der Waals surface area contributed by atoms with E-state index in [-0.39, 0.29) is 5.11 Å². The summed E-state index contributed by atoms with van der Waals surface area (Å²) < 4.78 is 0. The highest BCUT2D eigenvalue weighted by atomic mass is 32.1. The maximum atomic E-state index is 5.49. The number of hydrazone groups is 1. The highest BCUT2D eigenvalue weighted by molar-refractivity contribution is 7.80. The maximum Gasteiger partial charge on any atom is 0.184 e. The fraction of sp³-hybridized carbons (Fsp3) is 0.125. The van der Waals surface area contributed by atoms with Crippen LogP contribution in [0.5, 0.6) is 0 Å². The molecule has 0 aliphatic heterocycles. The summed E-state index contributed by atoms with van der Waals surface area (Å²) in [6.07, 6.45) is 1.56. The van der Waals surface area contributed by atoms with Gasteiger partial charge >= 0.3 is 0 Å². The van der Waals surface area contributed by atoms with Crippen LogP contribution < -0.4 is 16.9 Å². The summed E-state index contributed by atoms with van der Waals surface area (Å²) in [5.41, 5.74) is 15.2. The minimum absolute atomic E-state index is 0.125. The number of rotatable bonds is 2. The van der Waals surface area contributed by atoms with E-state index >= 15 is 0 Å². The molecule has 0 saturated heterocycles. The molecule has 74 valence electrons. The third-order valence-corrected chi connectivity index (χ3v) is 1.58. The molecule has 0 radical (unpaired) electrons.